The zero-order chi connectivity index (χ0) is 18.4. The van der Waals surface area contributed by atoms with E-state index in [1.807, 2.05) is 6.07 Å². The number of hydrogen-bond acceptors (Lipinski definition) is 5. The van der Waals surface area contributed by atoms with E-state index < -0.39 is 22.8 Å². The van der Waals surface area contributed by atoms with E-state index in [0.717, 1.165) is 22.3 Å². The molecule has 3 amide bonds. The fourth-order valence-corrected chi connectivity index (χ4v) is 2.92. The number of nitrogens with zero attached hydrogens (tertiary/aromatic N) is 4. The van der Waals surface area contributed by atoms with Crippen molar-refractivity contribution in [3.8, 4) is 6.07 Å². The maximum absolute atomic E-state index is 12.5. The molecule has 1 aromatic rings. The summed E-state index contributed by atoms with van der Waals surface area (Å²) in [6.07, 6.45) is 3.27. The topological polar surface area (TPSA) is 117 Å². The summed E-state index contributed by atoms with van der Waals surface area (Å²) < 4.78 is 2.44. The highest BCUT2D eigenvalue weighted by Crippen LogP contribution is 2.33. The molecule has 3 rings (SSSR count). The Labute approximate surface area is 143 Å². The molecule has 2 heterocycles. The Morgan fingerprint density at radius 3 is 2.44 bits per heavy atom. The van der Waals surface area contributed by atoms with Crippen LogP contribution in [0.1, 0.15) is 44.7 Å². The van der Waals surface area contributed by atoms with Crippen molar-refractivity contribution in [3.05, 3.63) is 32.6 Å². The summed E-state index contributed by atoms with van der Waals surface area (Å²) in [6, 6.07) is 1.38. The molecule has 1 N–H and O–H groups in total. The molecule has 25 heavy (non-hydrogen) atoms. The van der Waals surface area contributed by atoms with Crippen LogP contribution < -0.4 is 16.6 Å². The molecular formula is C16H19N5O4. The molecule has 2 aliphatic rings. The van der Waals surface area contributed by atoms with Gasteiger partial charge in [-0.1, -0.05) is 0 Å². The zero-order valence-electron chi connectivity index (χ0n) is 14.1. The molecule has 1 aliphatic carbocycles. The predicted octanol–water partition coefficient (Wildman–Crippen LogP) is -0.0629. The fourth-order valence-electron chi connectivity index (χ4n) is 2.92. The van der Waals surface area contributed by atoms with Crippen LogP contribution >= 0.6 is 0 Å². The van der Waals surface area contributed by atoms with Crippen molar-refractivity contribution >= 4 is 11.9 Å². The SMILES string of the molecule is CC1(C)NC(=O)N(CCCn2c(=O)c(C#N)cn(C3CC3)c2=O)C1=O. The third kappa shape index (κ3) is 2.95. The van der Waals surface area contributed by atoms with Gasteiger partial charge < -0.3 is 5.32 Å². The first kappa shape index (κ1) is 17.0. The second-order valence-corrected chi connectivity index (χ2v) is 6.90. The van der Waals surface area contributed by atoms with Crippen molar-refractivity contribution in [2.75, 3.05) is 6.54 Å². The lowest BCUT2D eigenvalue weighted by molar-refractivity contribution is -0.130. The number of carbonyl (C=O) groups excluding carboxylic acids is 2. The van der Waals surface area contributed by atoms with Gasteiger partial charge in [-0.25, -0.2) is 9.59 Å². The first-order valence-electron chi connectivity index (χ1n) is 8.16. The largest absolute Gasteiger partial charge is 0.331 e. The van der Waals surface area contributed by atoms with Gasteiger partial charge in [0.15, 0.2) is 0 Å². The molecule has 0 radical (unpaired) electrons. The Morgan fingerprint density at radius 1 is 1.24 bits per heavy atom. The summed E-state index contributed by atoms with van der Waals surface area (Å²) >= 11 is 0. The number of hydrogen-bond donors (Lipinski definition) is 1. The molecule has 1 saturated carbocycles. The number of carbonyl (C=O) groups is 2. The van der Waals surface area contributed by atoms with Crippen LogP contribution in [-0.2, 0) is 11.3 Å². The molecule has 0 spiro atoms. The quantitative estimate of drug-likeness (QED) is 0.750. The van der Waals surface area contributed by atoms with Gasteiger partial charge in [-0.3, -0.25) is 23.6 Å². The molecule has 2 fully saturated rings. The van der Waals surface area contributed by atoms with E-state index in [1.54, 1.807) is 13.8 Å². The number of nitrogens with one attached hydrogen (secondary N) is 1. The summed E-state index contributed by atoms with van der Waals surface area (Å²) in [4.78, 5) is 49.8. The van der Waals surface area contributed by atoms with Crippen LogP contribution in [0, 0.1) is 11.3 Å². The first-order valence-corrected chi connectivity index (χ1v) is 8.16. The number of imide groups is 1. The van der Waals surface area contributed by atoms with E-state index >= 15 is 0 Å². The fraction of sp³-hybridized carbons (Fsp3) is 0.562. The number of nitriles is 1. The maximum Gasteiger partial charge on any atom is 0.331 e. The average molecular weight is 345 g/mol. The third-order valence-electron chi connectivity index (χ3n) is 4.46. The van der Waals surface area contributed by atoms with Crippen LogP contribution in [-0.4, -0.2) is 38.1 Å². The number of rotatable bonds is 5. The second-order valence-electron chi connectivity index (χ2n) is 6.90. The lowest BCUT2D eigenvalue weighted by Gasteiger charge is -2.16. The first-order chi connectivity index (χ1) is 11.8. The summed E-state index contributed by atoms with van der Waals surface area (Å²) in [5.74, 6) is -0.342. The average Bonchev–Trinajstić information content (AvgIpc) is 3.35. The Hall–Kier alpha value is -2.89. The Balaban J connectivity index is 1.78. The van der Waals surface area contributed by atoms with Crippen LogP contribution in [0.15, 0.2) is 15.8 Å². The highest BCUT2D eigenvalue weighted by molar-refractivity contribution is 6.06. The standard InChI is InChI=1S/C16H19N5O4/c1-16(2)13(23)20(14(24)18-16)7-3-6-19-12(22)10(8-17)9-21(15(19)25)11-4-5-11/h9,11H,3-7H2,1-2H3,(H,18,24). The normalized spacial score (nSPS) is 19.0. The predicted molar refractivity (Wildman–Crippen MR) is 86.9 cm³/mol. The summed E-state index contributed by atoms with van der Waals surface area (Å²) in [5.41, 5.74) is -2.12. The van der Waals surface area contributed by atoms with E-state index in [0.29, 0.717) is 0 Å². The second kappa shape index (κ2) is 5.88. The van der Waals surface area contributed by atoms with Gasteiger partial charge in [-0.15, -0.1) is 0 Å². The van der Waals surface area contributed by atoms with Crippen molar-refractivity contribution in [3.63, 3.8) is 0 Å². The number of urea groups is 1. The molecule has 132 valence electrons. The minimum Gasteiger partial charge on any atom is -0.324 e. The molecule has 9 nitrogen and oxygen atoms in total. The van der Waals surface area contributed by atoms with E-state index in [-0.39, 0.29) is 37.0 Å². The van der Waals surface area contributed by atoms with Crippen molar-refractivity contribution in [1.29, 1.82) is 5.26 Å². The van der Waals surface area contributed by atoms with Crippen molar-refractivity contribution in [2.45, 2.75) is 51.2 Å². The highest BCUT2D eigenvalue weighted by atomic mass is 16.2. The highest BCUT2D eigenvalue weighted by Gasteiger charge is 2.43. The van der Waals surface area contributed by atoms with Gasteiger partial charge in [0.2, 0.25) is 0 Å². The van der Waals surface area contributed by atoms with Crippen LogP contribution in [0.2, 0.25) is 0 Å². The minimum atomic E-state index is -0.951. The van der Waals surface area contributed by atoms with E-state index in [4.69, 9.17) is 5.26 Å². The lowest BCUT2D eigenvalue weighted by Crippen LogP contribution is -2.42. The summed E-state index contributed by atoms with van der Waals surface area (Å²) in [6.45, 7) is 3.36. The van der Waals surface area contributed by atoms with Gasteiger partial charge in [0.25, 0.3) is 11.5 Å². The molecule has 9 heteroatoms. The molecule has 1 saturated heterocycles. The Bertz CT molecular complexity index is 901. The van der Waals surface area contributed by atoms with E-state index in [2.05, 4.69) is 5.32 Å². The van der Waals surface area contributed by atoms with Crippen molar-refractivity contribution in [2.24, 2.45) is 0 Å². The molecule has 0 unspecified atom stereocenters. The Kier molecular flexibility index (Phi) is 3.99. The van der Waals surface area contributed by atoms with Crippen molar-refractivity contribution < 1.29 is 9.59 Å². The third-order valence-corrected chi connectivity index (χ3v) is 4.46. The van der Waals surface area contributed by atoms with E-state index in [9.17, 15) is 19.2 Å². The summed E-state index contributed by atoms with van der Waals surface area (Å²) in [5, 5.41) is 11.7. The maximum atomic E-state index is 12.5. The monoisotopic (exact) mass is 345 g/mol. The van der Waals surface area contributed by atoms with Crippen LogP contribution in [0.4, 0.5) is 4.79 Å². The van der Waals surface area contributed by atoms with Crippen LogP contribution in [0.5, 0.6) is 0 Å². The van der Waals surface area contributed by atoms with Crippen molar-refractivity contribution in [1.82, 2.24) is 19.4 Å². The number of aromatic nitrogens is 2. The van der Waals surface area contributed by atoms with Gasteiger partial charge in [0.1, 0.15) is 17.2 Å². The molecule has 1 aromatic heterocycles. The summed E-state index contributed by atoms with van der Waals surface area (Å²) in [7, 11) is 0. The number of amides is 3. The van der Waals surface area contributed by atoms with Gasteiger partial charge in [0.05, 0.1) is 0 Å². The smallest absolute Gasteiger partial charge is 0.324 e. The molecular weight excluding hydrogens is 326 g/mol. The molecule has 0 atom stereocenters. The van der Waals surface area contributed by atoms with Gasteiger partial charge >= 0.3 is 11.7 Å². The minimum absolute atomic E-state index is 0.0391. The van der Waals surface area contributed by atoms with Crippen LogP contribution in [0.25, 0.3) is 0 Å². The molecule has 0 bridgehead atoms. The van der Waals surface area contributed by atoms with E-state index in [1.165, 1.54) is 10.8 Å². The molecule has 0 aromatic carbocycles. The zero-order valence-corrected chi connectivity index (χ0v) is 14.1. The van der Waals surface area contributed by atoms with Gasteiger partial charge in [-0.05, 0) is 33.1 Å². The molecule has 1 aliphatic heterocycles. The lowest BCUT2D eigenvalue weighted by atomic mass is 10.1. The van der Waals surface area contributed by atoms with Crippen LogP contribution in [0.3, 0.4) is 0 Å². The van der Waals surface area contributed by atoms with Gasteiger partial charge in [-0.2, -0.15) is 5.26 Å². The van der Waals surface area contributed by atoms with Gasteiger partial charge in [0, 0.05) is 25.3 Å². The Morgan fingerprint density at radius 2 is 1.92 bits per heavy atom.